The van der Waals surface area contributed by atoms with Crippen molar-refractivity contribution in [3.8, 4) is 0 Å². The standard InChI is InChI=1S/C14H11BrCl2N2O2/c1-8-4-12(17)13(6-11(8)16)18-7-9-2-3-10(15)5-14(9)19(20)21/h2-6,18H,7H2,1H3. The van der Waals surface area contributed by atoms with Gasteiger partial charge in [0, 0.05) is 27.7 Å². The van der Waals surface area contributed by atoms with Crippen LogP contribution >= 0.6 is 39.1 Å². The minimum atomic E-state index is -0.411. The van der Waals surface area contributed by atoms with Gasteiger partial charge in [0.15, 0.2) is 0 Å². The van der Waals surface area contributed by atoms with Crippen molar-refractivity contribution in [1.82, 2.24) is 0 Å². The molecule has 4 nitrogen and oxygen atoms in total. The van der Waals surface area contributed by atoms with Crippen molar-refractivity contribution >= 4 is 50.5 Å². The molecule has 0 aromatic heterocycles. The van der Waals surface area contributed by atoms with Gasteiger partial charge in [-0.05, 0) is 36.8 Å². The number of rotatable bonds is 4. The first kappa shape index (κ1) is 16.1. The van der Waals surface area contributed by atoms with Gasteiger partial charge < -0.3 is 5.32 Å². The summed E-state index contributed by atoms with van der Waals surface area (Å²) in [7, 11) is 0. The van der Waals surface area contributed by atoms with Crippen LogP contribution in [0.3, 0.4) is 0 Å². The zero-order chi connectivity index (χ0) is 15.6. The number of nitro benzene ring substituents is 1. The maximum atomic E-state index is 11.1. The van der Waals surface area contributed by atoms with Gasteiger partial charge in [-0.3, -0.25) is 10.1 Å². The number of anilines is 1. The number of aryl methyl sites for hydroxylation is 1. The number of benzene rings is 2. The summed E-state index contributed by atoms with van der Waals surface area (Å²) in [5.74, 6) is 0. The van der Waals surface area contributed by atoms with Gasteiger partial charge in [-0.15, -0.1) is 0 Å². The van der Waals surface area contributed by atoms with Crippen molar-refractivity contribution in [3.63, 3.8) is 0 Å². The van der Waals surface area contributed by atoms with E-state index in [9.17, 15) is 10.1 Å². The van der Waals surface area contributed by atoms with Crippen molar-refractivity contribution in [2.75, 3.05) is 5.32 Å². The van der Waals surface area contributed by atoms with Crippen LogP contribution in [0.15, 0.2) is 34.8 Å². The van der Waals surface area contributed by atoms with E-state index in [2.05, 4.69) is 21.2 Å². The molecule has 2 aromatic carbocycles. The fourth-order valence-electron chi connectivity index (χ4n) is 1.83. The second-order valence-corrected chi connectivity index (χ2v) is 6.20. The van der Waals surface area contributed by atoms with E-state index in [1.54, 1.807) is 24.3 Å². The summed E-state index contributed by atoms with van der Waals surface area (Å²) in [5, 5.41) is 15.3. The minimum absolute atomic E-state index is 0.0474. The van der Waals surface area contributed by atoms with Crippen LogP contribution in [0, 0.1) is 17.0 Å². The highest BCUT2D eigenvalue weighted by molar-refractivity contribution is 9.10. The summed E-state index contributed by atoms with van der Waals surface area (Å²) in [5.41, 5.74) is 2.13. The molecule has 0 aliphatic heterocycles. The van der Waals surface area contributed by atoms with Crippen LogP contribution in [0.5, 0.6) is 0 Å². The van der Waals surface area contributed by atoms with Crippen molar-refractivity contribution < 1.29 is 4.92 Å². The van der Waals surface area contributed by atoms with Crippen LogP contribution in [0.2, 0.25) is 10.0 Å². The zero-order valence-electron chi connectivity index (χ0n) is 11.0. The largest absolute Gasteiger partial charge is 0.379 e. The van der Waals surface area contributed by atoms with Crippen LogP contribution in [0.25, 0.3) is 0 Å². The predicted octanol–water partition coefficient (Wildman–Crippen LogP) is 5.58. The molecular formula is C14H11BrCl2N2O2. The molecule has 0 bridgehead atoms. The van der Waals surface area contributed by atoms with Gasteiger partial charge in [0.1, 0.15) is 0 Å². The molecule has 0 radical (unpaired) electrons. The Morgan fingerprint density at radius 1 is 1.24 bits per heavy atom. The molecular weight excluding hydrogens is 379 g/mol. The highest BCUT2D eigenvalue weighted by atomic mass is 79.9. The topological polar surface area (TPSA) is 55.2 Å². The first-order valence-corrected chi connectivity index (χ1v) is 7.55. The van der Waals surface area contributed by atoms with E-state index < -0.39 is 4.92 Å². The Bertz CT molecular complexity index is 708. The average Bonchev–Trinajstić information content (AvgIpc) is 2.42. The zero-order valence-corrected chi connectivity index (χ0v) is 14.1. The highest BCUT2D eigenvalue weighted by Gasteiger charge is 2.14. The molecule has 0 unspecified atom stereocenters. The third kappa shape index (κ3) is 3.87. The van der Waals surface area contributed by atoms with Crippen LogP contribution in [0.1, 0.15) is 11.1 Å². The van der Waals surface area contributed by atoms with Gasteiger partial charge in [-0.25, -0.2) is 0 Å². The summed E-state index contributed by atoms with van der Waals surface area (Å²) in [6.07, 6.45) is 0. The molecule has 0 spiro atoms. The molecule has 0 amide bonds. The SMILES string of the molecule is Cc1cc(Cl)c(NCc2ccc(Br)cc2[N+](=O)[O-])cc1Cl. The molecule has 21 heavy (non-hydrogen) atoms. The molecule has 0 heterocycles. The predicted molar refractivity (Wildman–Crippen MR) is 89.3 cm³/mol. The van der Waals surface area contributed by atoms with E-state index in [0.717, 1.165) is 5.56 Å². The number of hydrogen-bond donors (Lipinski definition) is 1. The lowest BCUT2D eigenvalue weighted by Gasteiger charge is -2.11. The minimum Gasteiger partial charge on any atom is -0.379 e. The number of hydrogen-bond acceptors (Lipinski definition) is 3. The van der Waals surface area contributed by atoms with E-state index in [0.29, 0.717) is 25.8 Å². The third-order valence-corrected chi connectivity index (χ3v) is 4.17. The summed E-state index contributed by atoms with van der Waals surface area (Å²) in [4.78, 5) is 10.6. The van der Waals surface area contributed by atoms with Gasteiger partial charge >= 0.3 is 0 Å². The maximum absolute atomic E-state index is 11.1. The highest BCUT2D eigenvalue weighted by Crippen LogP contribution is 2.30. The fraction of sp³-hybridized carbons (Fsp3) is 0.143. The van der Waals surface area contributed by atoms with Crippen LogP contribution < -0.4 is 5.32 Å². The maximum Gasteiger partial charge on any atom is 0.275 e. The Balaban J connectivity index is 2.25. The van der Waals surface area contributed by atoms with E-state index in [4.69, 9.17) is 23.2 Å². The number of halogens is 3. The number of nitrogens with one attached hydrogen (secondary N) is 1. The first-order chi connectivity index (χ1) is 9.88. The molecule has 2 aromatic rings. The number of nitrogens with zero attached hydrogens (tertiary/aromatic N) is 1. The lowest BCUT2D eigenvalue weighted by Crippen LogP contribution is -2.03. The van der Waals surface area contributed by atoms with Crippen molar-refractivity contribution in [2.45, 2.75) is 13.5 Å². The van der Waals surface area contributed by atoms with E-state index in [1.165, 1.54) is 6.07 Å². The molecule has 7 heteroatoms. The van der Waals surface area contributed by atoms with Crippen molar-refractivity contribution in [2.24, 2.45) is 0 Å². The lowest BCUT2D eigenvalue weighted by atomic mass is 10.1. The third-order valence-electron chi connectivity index (χ3n) is 2.96. The summed E-state index contributed by atoms with van der Waals surface area (Å²) in [6, 6.07) is 8.39. The van der Waals surface area contributed by atoms with E-state index >= 15 is 0 Å². The normalized spacial score (nSPS) is 10.5. The summed E-state index contributed by atoms with van der Waals surface area (Å²) in [6.45, 7) is 2.14. The lowest BCUT2D eigenvalue weighted by molar-refractivity contribution is -0.385. The first-order valence-electron chi connectivity index (χ1n) is 6.01. The summed E-state index contributed by atoms with van der Waals surface area (Å²) >= 11 is 15.4. The molecule has 0 atom stereocenters. The smallest absolute Gasteiger partial charge is 0.275 e. The Labute approximate surface area is 140 Å². The summed E-state index contributed by atoms with van der Waals surface area (Å²) < 4.78 is 0.661. The second kappa shape index (κ2) is 6.64. The van der Waals surface area contributed by atoms with Gasteiger partial charge in [0.2, 0.25) is 0 Å². The molecule has 0 saturated heterocycles. The van der Waals surface area contributed by atoms with Crippen LogP contribution in [-0.4, -0.2) is 4.92 Å². The molecule has 0 aliphatic rings. The van der Waals surface area contributed by atoms with Crippen molar-refractivity contribution in [3.05, 3.63) is 66.1 Å². The van der Waals surface area contributed by atoms with Gasteiger partial charge in [0.25, 0.3) is 5.69 Å². The van der Waals surface area contributed by atoms with Crippen LogP contribution in [0.4, 0.5) is 11.4 Å². The molecule has 110 valence electrons. The van der Waals surface area contributed by atoms with Crippen molar-refractivity contribution in [1.29, 1.82) is 0 Å². The monoisotopic (exact) mass is 388 g/mol. The molecule has 0 aliphatic carbocycles. The fourth-order valence-corrected chi connectivity index (χ4v) is 2.63. The second-order valence-electron chi connectivity index (χ2n) is 4.46. The molecule has 1 N–H and O–H groups in total. The average molecular weight is 390 g/mol. The quantitative estimate of drug-likeness (QED) is 0.548. The van der Waals surface area contributed by atoms with Gasteiger partial charge in [-0.1, -0.05) is 39.1 Å². The molecule has 0 fully saturated rings. The van der Waals surface area contributed by atoms with Gasteiger partial charge in [-0.2, -0.15) is 0 Å². The van der Waals surface area contributed by atoms with Gasteiger partial charge in [0.05, 0.1) is 15.6 Å². The Hall–Kier alpha value is -1.30. The molecule has 2 rings (SSSR count). The Kier molecular flexibility index (Phi) is 5.08. The Morgan fingerprint density at radius 2 is 1.95 bits per heavy atom. The molecule has 0 saturated carbocycles. The number of nitro groups is 1. The van der Waals surface area contributed by atoms with Crippen LogP contribution in [-0.2, 0) is 6.54 Å². The van der Waals surface area contributed by atoms with E-state index in [1.807, 2.05) is 6.92 Å². The van der Waals surface area contributed by atoms with E-state index in [-0.39, 0.29) is 12.2 Å². The Morgan fingerprint density at radius 3 is 2.62 bits per heavy atom.